The maximum Gasteiger partial charge on any atom is 0.410 e. The number of hydrogen-bond donors (Lipinski definition) is 0. The number of rotatable bonds is 6. The van der Waals surface area contributed by atoms with Crippen molar-refractivity contribution in [2.24, 2.45) is 0 Å². The van der Waals surface area contributed by atoms with Crippen LogP contribution in [0.25, 0.3) is 0 Å². The molecule has 0 aliphatic carbocycles. The van der Waals surface area contributed by atoms with Crippen LogP contribution in [-0.4, -0.2) is 114 Å². The number of likely N-dealkylation sites (N-methyl/N-ethyl adjacent to an activating group) is 2. The Kier molecular flexibility index (Phi) is 13.2. The lowest BCUT2D eigenvalue weighted by atomic mass is 10.0. The van der Waals surface area contributed by atoms with Crippen molar-refractivity contribution in [1.29, 1.82) is 0 Å². The van der Waals surface area contributed by atoms with Crippen molar-refractivity contribution >= 4 is 23.8 Å². The number of fused-ring (bicyclic) bond motifs is 1. The van der Waals surface area contributed by atoms with Crippen molar-refractivity contribution in [1.82, 2.24) is 24.8 Å². The van der Waals surface area contributed by atoms with Gasteiger partial charge in [-0.3, -0.25) is 14.4 Å². The first-order chi connectivity index (χ1) is 22.1. The van der Waals surface area contributed by atoms with Gasteiger partial charge in [0.25, 0.3) is 11.8 Å². The Morgan fingerprint density at radius 3 is 2.40 bits per heavy atom. The number of aryl methyl sites for hydroxylation is 1. The molecule has 0 unspecified atom stereocenters. The van der Waals surface area contributed by atoms with Crippen molar-refractivity contribution in [2.45, 2.75) is 91.2 Å². The van der Waals surface area contributed by atoms with Gasteiger partial charge in [0.1, 0.15) is 28.7 Å². The van der Waals surface area contributed by atoms with Crippen LogP contribution in [0.15, 0.2) is 28.8 Å². The molecular weight excluding hydrogens is 602 g/mol. The van der Waals surface area contributed by atoms with Crippen molar-refractivity contribution in [3.63, 3.8) is 0 Å². The topological polar surface area (TPSA) is 126 Å². The Morgan fingerprint density at radius 1 is 1.06 bits per heavy atom. The zero-order valence-corrected chi connectivity index (χ0v) is 29.6. The Hall–Kier alpha value is -4.09. The molecule has 1 atom stereocenters. The van der Waals surface area contributed by atoms with E-state index in [9.17, 15) is 19.2 Å². The molecule has 47 heavy (non-hydrogen) atoms. The molecule has 1 aliphatic rings. The highest BCUT2D eigenvalue weighted by molar-refractivity contribution is 5.99. The molecule has 0 spiro atoms. The van der Waals surface area contributed by atoms with E-state index in [2.05, 4.69) is 5.16 Å². The lowest BCUT2D eigenvalue weighted by Crippen LogP contribution is -2.49. The number of para-hydroxylation sites is 1. The van der Waals surface area contributed by atoms with Crippen LogP contribution >= 0.6 is 0 Å². The minimum absolute atomic E-state index is 0.0262. The summed E-state index contributed by atoms with van der Waals surface area (Å²) in [5, 5.41) is 4.08. The van der Waals surface area contributed by atoms with Crippen LogP contribution in [0, 0.1) is 6.92 Å². The third kappa shape index (κ3) is 10.2. The van der Waals surface area contributed by atoms with Crippen molar-refractivity contribution in [3.05, 3.63) is 46.8 Å². The first-order valence-corrected chi connectivity index (χ1v) is 16.6. The summed E-state index contributed by atoms with van der Waals surface area (Å²) in [6.07, 6.45) is 2.33. The van der Waals surface area contributed by atoms with Crippen LogP contribution in [-0.2, 0) is 9.53 Å². The molecule has 1 aromatic carbocycles. The molecule has 4 amide bonds. The lowest BCUT2D eigenvalue weighted by molar-refractivity contribution is -0.134. The molecule has 0 N–H and O–H groups in total. The van der Waals surface area contributed by atoms with Gasteiger partial charge in [0.15, 0.2) is 0 Å². The van der Waals surface area contributed by atoms with Crippen LogP contribution in [0.2, 0.25) is 0 Å². The highest BCUT2D eigenvalue weighted by Crippen LogP contribution is 2.25. The molecule has 1 aliphatic heterocycles. The number of nitrogens with zero attached hydrogens (tertiary/aromatic N) is 5. The van der Waals surface area contributed by atoms with E-state index in [0.29, 0.717) is 93.2 Å². The summed E-state index contributed by atoms with van der Waals surface area (Å²) in [7, 11) is 5.09. The van der Waals surface area contributed by atoms with Crippen LogP contribution < -0.4 is 4.74 Å². The summed E-state index contributed by atoms with van der Waals surface area (Å²) >= 11 is 0. The molecule has 0 saturated heterocycles. The molecule has 3 rings (SSSR count). The second-order valence-electron chi connectivity index (χ2n) is 13.6. The van der Waals surface area contributed by atoms with Gasteiger partial charge in [0, 0.05) is 47.3 Å². The number of carbonyl (C=O) groups is 4. The van der Waals surface area contributed by atoms with Gasteiger partial charge in [0.2, 0.25) is 5.91 Å². The minimum Gasteiger partial charge on any atom is -0.493 e. The Labute approximate surface area is 279 Å². The summed E-state index contributed by atoms with van der Waals surface area (Å²) < 4.78 is 17.0. The number of amides is 4. The molecule has 0 fully saturated rings. The second-order valence-corrected chi connectivity index (χ2v) is 13.6. The fraction of sp³-hybridized carbons (Fsp3) is 0.629. The average molecular weight is 656 g/mol. The van der Waals surface area contributed by atoms with Gasteiger partial charge in [-0.1, -0.05) is 31.1 Å². The minimum atomic E-state index is -0.765. The number of ether oxygens (including phenoxy) is 2. The summed E-state index contributed by atoms with van der Waals surface area (Å²) in [6.45, 7) is 13.2. The summed E-state index contributed by atoms with van der Waals surface area (Å²) in [5.41, 5.74) is 0.818. The predicted molar refractivity (Wildman–Crippen MR) is 179 cm³/mol. The quantitative estimate of drug-likeness (QED) is 0.408. The summed E-state index contributed by atoms with van der Waals surface area (Å²) in [6, 6.07) is 6.22. The van der Waals surface area contributed by atoms with E-state index in [-0.39, 0.29) is 29.7 Å². The highest BCUT2D eigenvalue weighted by atomic mass is 16.6. The average Bonchev–Trinajstić information content (AvgIpc) is 3.41. The first kappa shape index (κ1) is 37.4. The van der Waals surface area contributed by atoms with Crippen LogP contribution in [0.5, 0.6) is 5.75 Å². The predicted octanol–water partition coefficient (Wildman–Crippen LogP) is 5.36. The van der Waals surface area contributed by atoms with Crippen molar-refractivity contribution < 1.29 is 33.2 Å². The van der Waals surface area contributed by atoms with E-state index in [0.717, 1.165) is 0 Å². The zero-order valence-electron chi connectivity index (χ0n) is 29.6. The molecule has 12 heteroatoms. The van der Waals surface area contributed by atoms with Crippen LogP contribution in [0.3, 0.4) is 0 Å². The molecular formula is C35H53N5O7. The van der Waals surface area contributed by atoms with Gasteiger partial charge in [-0.25, -0.2) is 4.79 Å². The monoisotopic (exact) mass is 655 g/mol. The van der Waals surface area contributed by atoms with E-state index in [1.165, 1.54) is 4.90 Å². The number of aromatic nitrogens is 1. The van der Waals surface area contributed by atoms with Gasteiger partial charge in [-0.05, 0) is 77.8 Å². The molecule has 0 saturated carbocycles. The second kappa shape index (κ2) is 16.6. The van der Waals surface area contributed by atoms with Gasteiger partial charge in [0.05, 0.1) is 17.9 Å². The van der Waals surface area contributed by atoms with E-state index >= 15 is 0 Å². The maximum absolute atomic E-state index is 13.9. The third-order valence-electron chi connectivity index (χ3n) is 8.19. The third-order valence-corrected chi connectivity index (χ3v) is 8.19. The molecule has 2 aromatic rings. The Morgan fingerprint density at radius 2 is 1.72 bits per heavy atom. The smallest absolute Gasteiger partial charge is 0.410 e. The lowest BCUT2D eigenvalue weighted by Gasteiger charge is -2.32. The van der Waals surface area contributed by atoms with Gasteiger partial charge in [-0.2, -0.15) is 0 Å². The van der Waals surface area contributed by atoms with Gasteiger partial charge >= 0.3 is 6.09 Å². The van der Waals surface area contributed by atoms with Crippen molar-refractivity contribution in [2.75, 3.05) is 53.9 Å². The van der Waals surface area contributed by atoms with Crippen molar-refractivity contribution in [3.8, 4) is 5.75 Å². The normalized spacial score (nSPS) is 17.4. The summed E-state index contributed by atoms with van der Waals surface area (Å²) in [5.74, 6) is 0.195. The standard InChI is InChI=1S/C35H53N5O7/c1-24(2)30-29(25(3)47-36-30)33(43)38(8)20-14-17-27-32(42)37(7)19-12-13-21-40(34(44)46-35(4,5)6)22-15-23-45-28-18-11-10-16-26(28)31(41)39(27)9/h10-11,16,18,24,27H,12-15,17,19-23H2,1-9H3/t27-/m0/s1. The van der Waals surface area contributed by atoms with E-state index in [4.69, 9.17) is 14.0 Å². The number of carbonyl (C=O) groups excluding carboxylic acids is 4. The maximum atomic E-state index is 13.9. The first-order valence-electron chi connectivity index (χ1n) is 16.6. The number of benzene rings is 1. The summed E-state index contributed by atoms with van der Waals surface area (Å²) in [4.78, 5) is 60.5. The molecule has 260 valence electrons. The molecule has 0 radical (unpaired) electrons. The Balaban J connectivity index is 1.80. The number of hydrogen-bond acceptors (Lipinski definition) is 8. The molecule has 0 bridgehead atoms. The van der Waals surface area contributed by atoms with Gasteiger partial charge < -0.3 is 33.6 Å². The van der Waals surface area contributed by atoms with E-state index < -0.39 is 11.6 Å². The Bertz CT molecular complexity index is 1380. The fourth-order valence-electron chi connectivity index (χ4n) is 5.52. The zero-order chi connectivity index (χ0) is 34.9. The largest absolute Gasteiger partial charge is 0.493 e. The SMILES string of the molecule is Cc1onc(C(C)C)c1C(=O)N(C)CCC[C@H]1C(=O)N(C)CCCCN(C(=O)OC(C)(C)C)CCCOc2ccccc2C(=O)N1C. The van der Waals surface area contributed by atoms with Gasteiger partial charge in [-0.15, -0.1) is 0 Å². The molecule has 2 heterocycles. The molecule has 1 aromatic heterocycles. The fourth-order valence-corrected chi connectivity index (χ4v) is 5.52. The van der Waals surface area contributed by atoms with E-state index in [1.807, 2.05) is 34.6 Å². The van der Waals surface area contributed by atoms with Crippen LogP contribution in [0.1, 0.15) is 105 Å². The van der Waals surface area contributed by atoms with Crippen LogP contribution in [0.4, 0.5) is 4.79 Å². The highest BCUT2D eigenvalue weighted by Gasteiger charge is 2.32. The molecule has 12 nitrogen and oxygen atoms in total. The van der Waals surface area contributed by atoms with E-state index in [1.54, 1.807) is 67.0 Å².